The van der Waals surface area contributed by atoms with E-state index < -0.39 is 0 Å². The van der Waals surface area contributed by atoms with Crippen LogP contribution in [0.15, 0.2) is 18.2 Å². The SMILES string of the molecule is CCC1CNC(C)(C)CN1c1ccc(F)cc1Cl. The van der Waals surface area contributed by atoms with Gasteiger partial charge in [-0.2, -0.15) is 0 Å². The number of hydrogen-bond donors (Lipinski definition) is 1. The second kappa shape index (κ2) is 5.06. The van der Waals surface area contributed by atoms with Crippen molar-refractivity contribution in [2.24, 2.45) is 0 Å². The van der Waals surface area contributed by atoms with Crippen LogP contribution in [0.3, 0.4) is 0 Å². The molecule has 2 nitrogen and oxygen atoms in total. The van der Waals surface area contributed by atoms with Crippen LogP contribution in [0.5, 0.6) is 0 Å². The second-order valence-electron chi connectivity index (χ2n) is 5.55. The zero-order valence-corrected chi connectivity index (χ0v) is 11.9. The highest BCUT2D eigenvalue weighted by Gasteiger charge is 2.32. The molecule has 0 bridgehead atoms. The van der Waals surface area contributed by atoms with Gasteiger partial charge in [0.15, 0.2) is 0 Å². The Hall–Kier alpha value is -0.800. The van der Waals surface area contributed by atoms with Gasteiger partial charge in [0.2, 0.25) is 0 Å². The van der Waals surface area contributed by atoms with E-state index in [0.717, 1.165) is 25.2 Å². The maximum Gasteiger partial charge on any atom is 0.124 e. The zero-order valence-electron chi connectivity index (χ0n) is 11.1. The van der Waals surface area contributed by atoms with Crippen molar-refractivity contribution in [2.75, 3.05) is 18.0 Å². The van der Waals surface area contributed by atoms with Gasteiger partial charge in [-0.1, -0.05) is 18.5 Å². The normalized spacial score (nSPS) is 23.2. The van der Waals surface area contributed by atoms with E-state index in [1.807, 2.05) is 0 Å². The predicted molar refractivity (Wildman–Crippen MR) is 74.9 cm³/mol. The maximum atomic E-state index is 13.1. The number of anilines is 1. The summed E-state index contributed by atoms with van der Waals surface area (Å²) in [5.41, 5.74) is 0.975. The van der Waals surface area contributed by atoms with Gasteiger partial charge in [0.1, 0.15) is 5.82 Å². The lowest BCUT2D eigenvalue weighted by Crippen LogP contribution is -2.61. The number of halogens is 2. The average molecular weight is 271 g/mol. The Morgan fingerprint density at radius 2 is 2.22 bits per heavy atom. The molecule has 1 aromatic rings. The molecule has 0 aliphatic carbocycles. The number of hydrogen-bond acceptors (Lipinski definition) is 2. The lowest BCUT2D eigenvalue weighted by Gasteiger charge is -2.46. The Kier molecular flexibility index (Phi) is 3.83. The van der Waals surface area contributed by atoms with Crippen molar-refractivity contribution in [1.29, 1.82) is 0 Å². The Balaban J connectivity index is 2.32. The van der Waals surface area contributed by atoms with Gasteiger partial charge in [-0.3, -0.25) is 0 Å². The molecule has 1 fully saturated rings. The standard InChI is InChI=1S/C14H20ClFN2/c1-4-11-8-17-14(2,3)9-18(11)13-6-5-10(16)7-12(13)15/h5-7,11,17H,4,8-9H2,1-3H3. The number of rotatable bonds is 2. The largest absolute Gasteiger partial charge is 0.364 e. The Morgan fingerprint density at radius 1 is 1.50 bits per heavy atom. The summed E-state index contributed by atoms with van der Waals surface area (Å²) < 4.78 is 13.1. The minimum absolute atomic E-state index is 0.0450. The van der Waals surface area contributed by atoms with Gasteiger partial charge in [0.25, 0.3) is 0 Å². The van der Waals surface area contributed by atoms with Crippen LogP contribution in [0, 0.1) is 5.82 Å². The van der Waals surface area contributed by atoms with Gasteiger partial charge in [-0.05, 0) is 38.5 Å². The molecule has 0 aromatic heterocycles. The fourth-order valence-electron chi connectivity index (χ4n) is 2.48. The van der Waals surface area contributed by atoms with E-state index in [2.05, 4.69) is 31.0 Å². The lowest BCUT2D eigenvalue weighted by atomic mass is 9.97. The molecule has 1 unspecified atom stereocenters. The first-order valence-corrected chi connectivity index (χ1v) is 6.77. The van der Waals surface area contributed by atoms with Gasteiger partial charge in [0.05, 0.1) is 10.7 Å². The molecule has 1 N–H and O–H groups in total. The molecular formula is C14H20ClFN2. The van der Waals surface area contributed by atoms with Crippen LogP contribution in [0.1, 0.15) is 27.2 Å². The summed E-state index contributed by atoms with van der Waals surface area (Å²) >= 11 is 6.18. The van der Waals surface area contributed by atoms with Gasteiger partial charge < -0.3 is 10.2 Å². The van der Waals surface area contributed by atoms with Gasteiger partial charge in [0, 0.05) is 24.7 Å². The van der Waals surface area contributed by atoms with E-state index in [4.69, 9.17) is 11.6 Å². The summed E-state index contributed by atoms with van der Waals surface area (Å²) in [5, 5.41) is 4.02. The number of nitrogens with zero attached hydrogens (tertiary/aromatic N) is 1. The monoisotopic (exact) mass is 270 g/mol. The summed E-state index contributed by atoms with van der Waals surface area (Å²) in [6.45, 7) is 8.30. The van der Waals surface area contributed by atoms with Gasteiger partial charge in [-0.25, -0.2) is 4.39 Å². The van der Waals surface area contributed by atoms with Crippen molar-refractivity contribution in [2.45, 2.75) is 38.8 Å². The fourth-order valence-corrected chi connectivity index (χ4v) is 2.75. The minimum atomic E-state index is -0.286. The Labute approximate surface area is 113 Å². The van der Waals surface area contributed by atoms with Crippen LogP contribution in [0.4, 0.5) is 10.1 Å². The first-order valence-electron chi connectivity index (χ1n) is 6.39. The summed E-state index contributed by atoms with van der Waals surface area (Å²) in [6.07, 6.45) is 1.04. The van der Waals surface area contributed by atoms with Crippen LogP contribution in [-0.2, 0) is 0 Å². The highest BCUT2D eigenvalue weighted by molar-refractivity contribution is 6.33. The summed E-state index contributed by atoms with van der Waals surface area (Å²) in [7, 11) is 0. The number of benzene rings is 1. The van der Waals surface area contributed by atoms with Crippen molar-refractivity contribution in [1.82, 2.24) is 5.32 Å². The van der Waals surface area contributed by atoms with Crippen LogP contribution in [0.25, 0.3) is 0 Å². The molecule has 4 heteroatoms. The molecule has 0 amide bonds. The van der Waals surface area contributed by atoms with E-state index in [1.54, 1.807) is 6.07 Å². The van der Waals surface area contributed by atoms with Crippen LogP contribution in [0.2, 0.25) is 5.02 Å². The fraction of sp³-hybridized carbons (Fsp3) is 0.571. The third-order valence-electron chi connectivity index (χ3n) is 3.51. The topological polar surface area (TPSA) is 15.3 Å². The van der Waals surface area contributed by atoms with E-state index in [1.165, 1.54) is 12.1 Å². The maximum absolute atomic E-state index is 13.1. The first-order chi connectivity index (χ1) is 8.43. The minimum Gasteiger partial charge on any atom is -0.364 e. The molecule has 1 aromatic carbocycles. The molecule has 1 heterocycles. The molecule has 100 valence electrons. The van der Waals surface area contributed by atoms with Crippen LogP contribution < -0.4 is 10.2 Å². The molecule has 2 rings (SSSR count). The van der Waals surface area contributed by atoms with Crippen molar-refractivity contribution in [3.8, 4) is 0 Å². The molecular weight excluding hydrogens is 251 g/mol. The predicted octanol–water partition coefficient (Wildman–Crippen LogP) is 3.45. The highest BCUT2D eigenvalue weighted by Crippen LogP contribution is 2.31. The lowest BCUT2D eigenvalue weighted by molar-refractivity contribution is 0.306. The molecule has 1 atom stereocenters. The molecule has 0 radical (unpaired) electrons. The number of nitrogens with one attached hydrogen (secondary N) is 1. The van der Waals surface area contributed by atoms with Crippen molar-refractivity contribution in [3.05, 3.63) is 29.0 Å². The molecule has 0 spiro atoms. The molecule has 1 saturated heterocycles. The van der Waals surface area contributed by atoms with E-state index in [0.29, 0.717) is 11.1 Å². The Morgan fingerprint density at radius 3 is 2.83 bits per heavy atom. The molecule has 0 saturated carbocycles. The third kappa shape index (κ3) is 2.78. The molecule has 18 heavy (non-hydrogen) atoms. The van der Waals surface area contributed by atoms with Crippen molar-refractivity contribution >= 4 is 17.3 Å². The quantitative estimate of drug-likeness (QED) is 0.886. The molecule has 1 aliphatic heterocycles. The van der Waals surface area contributed by atoms with Crippen LogP contribution in [-0.4, -0.2) is 24.7 Å². The van der Waals surface area contributed by atoms with Crippen molar-refractivity contribution in [3.63, 3.8) is 0 Å². The second-order valence-corrected chi connectivity index (χ2v) is 5.96. The molecule has 1 aliphatic rings. The van der Waals surface area contributed by atoms with E-state index in [-0.39, 0.29) is 11.4 Å². The average Bonchev–Trinajstić information content (AvgIpc) is 2.28. The van der Waals surface area contributed by atoms with Gasteiger partial charge in [-0.15, -0.1) is 0 Å². The summed E-state index contributed by atoms with van der Waals surface area (Å²) in [5.74, 6) is -0.286. The summed E-state index contributed by atoms with van der Waals surface area (Å²) in [6, 6.07) is 5.05. The Bertz CT molecular complexity index is 434. The smallest absolute Gasteiger partial charge is 0.124 e. The van der Waals surface area contributed by atoms with Crippen molar-refractivity contribution < 1.29 is 4.39 Å². The first kappa shape index (κ1) is 13.6. The summed E-state index contributed by atoms with van der Waals surface area (Å²) in [4.78, 5) is 2.29. The highest BCUT2D eigenvalue weighted by atomic mass is 35.5. The van der Waals surface area contributed by atoms with Gasteiger partial charge >= 0.3 is 0 Å². The third-order valence-corrected chi connectivity index (χ3v) is 3.82. The number of piperazine rings is 1. The van der Waals surface area contributed by atoms with E-state index >= 15 is 0 Å². The van der Waals surface area contributed by atoms with E-state index in [9.17, 15) is 4.39 Å². The van der Waals surface area contributed by atoms with Crippen LogP contribution >= 0.6 is 11.6 Å². The zero-order chi connectivity index (χ0) is 13.3.